The smallest absolute Gasteiger partial charge is 0.250 e. The Morgan fingerprint density at radius 2 is 1.50 bits per heavy atom. The van der Waals surface area contributed by atoms with Gasteiger partial charge < -0.3 is 5.32 Å². The topological polar surface area (TPSA) is 78.5 Å². The van der Waals surface area contributed by atoms with Crippen molar-refractivity contribution in [2.24, 2.45) is 11.8 Å². The molecule has 2 N–H and O–H groups in total. The lowest BCUT2D eigenvalue weighted by Crippen LogP contribution is -2.53. The minimum absolute atomic E-state index is 0.184. The van der Waals surface area contributed by atoms with Gasteiger partial charge in [0, 0.05) is 23.8 Å². The first-order chi connectivity index (χ1) is 17.4. The third-order valence-corrected chi connectivity index (χ3v) is 8.28. The quantitative estimate of drug-likeness (QED) is 0.549. The number of carbonyl (C=O) groups excluding carboxylic acids is 3. The van der Waals surface area contributed by atoms with Gasteiger partial charge in [-0.3, -0.25) is 24.6 Å². The second-order valence-corrected chi connectivity index (χ2v) is 10.2. The van der Waals surface area contributed by atoms with Crippen LogP contribution in [-0.2, 0) is 32.8 Å². The highest BCUT2D eigenvalue weighted by molar-refractivity contribution is 6.15. The molecule has 6 rings (SSSR count). The number of anilines is 1. The molecular weight excluding hydrogens is 450 g/mol. The molecule has 3 aliphatic rings. The fraction of sp³-hybridized carbons (Fsp3) is 0.300. The van der Waals surface area contributed by atoms with Gasteiger partial charge in [0.1, 0.15) is 5.54 Å². The number of aryl methyl sites for hydroxylation is 1. The van der Waals surface area contributed by atoms with Crippen molar-refractivity contribution in [3.8, 4) is 0 Å². The molecule has 182 valence electrons. The molecule has 3 heterocycles. The van der Waals surface area contributed by atoms with E-state index < -0.39 is 17.4 Å². The number of likely N-dealkylation sites (tertiary alicyclic amines) is 1. The summed E-state index contributed by atoms with van der Waals surface area (Å²) in [6, 6.07) is 23.4. The number of fused-ring (bicyclic) bond motifs is 4. The van der Waals surface area contributed by atoms with Crippen molar-refractivity contribution in [2.75, 3.05) is 11.9 Å². The second kappa shape index (κ2) is 8.42. The Labute approximate surface area is 210 Å². The van der Waals surface area contributed by atoms with E-state index in [9.17, 15) is 14.4 Å². The highest BCUT2D eigenvalue weighted by atomic mass is 16.2. The van der Waals surface area contributed by atoms with E-state index in [0.29, 0.717) is 19.4 Å². The summed E-state index contributed by atoms with van der Waals surface area (Å²) < 4.78 is 0. The van der Waals surface area contributed by atoms with Gasteiger partial charge in [-0.05, 0) is 48.9 Å². The average molecular weight is 480 g/mol. The summed E-state index contributed by atoms with van der Waals surface area (Å²) in [6.07, 6.45) is 1.14. The molecule has 0 bridgehead atoms. The fourth-order valence-electron chi connectivity index (χ4n) is 6.33. The average Bonchev–Trinajstić information content (AvgIpc) is 3.46. The van der Waals surface area contributed by atoms with Crippen molar-refractivity contribution in [1.82, 2.24) is 10.2 Å². The molecule has 3 aromatic carbocycles. The maximum absolute atomic E-state index is 14.0. The van der Waals surface area contributed by atoms with Gasteiger partial charge in [0.25, 0.3) is 0 Å². The lowest BCUT2D eigenvalue weighted by molar-refractivity contribution is -0.142. The van der Waals surface area contributed by atoms with Crippen molar-refractivity contribution in [3.63, 3.8) is 0 Å². The molecule has 4 atom stereocenters. The van der Waals surface area contributed by atoms with Crippen LogP contribution in [0.25, 0.3) is 0 Å². The minimum Gasteiger partial charge on any atom is -0.324 e. The summed E-state index contributed by atoms with van der Waals surface area (Å²) in [4.78, 5) is 42.9. The predicted octanol–water partition coefficient (Wildman–Crippen LogP) is 3.51. The first-order valence-corrected chi connectivity index (χ1v) is 12.5. The van der Waals surface area contributed by atoms with Gasteiger partial charge >= 0.3 is 0 Å². The van der Waals surface area contributed by atoms with Crippen LogP contribution in [-0.4, -0.2) is 35.2 Å². The van der Waals surface area contributed by atoms with Crippen LogP contribution in [0, 0.1) is 25.7 Å². The summed E-state index contributed by atoms with van der Waals surface area (Å²) in [6.45, 7) is 4.30. The maximum atomic E-state index is 14.0. The zero-order chi connectivity index (χ0) is 25.0. The Bertz CT molecular complexity index is 1370. The molecule has 3 amide bonds. The van der Waals surface area contributed by atoms with E-state index in [1.165, 1.54) is 4.90 Å². The molecule has 3 aromatic rings. The molecule has 0 saturated carbocycles. The van der Waals surface area contributed by atoms with E-state index in [2.05, 4.69) is 10.6 Å². The van der Waals surface area contributed by atoms with Crippen LogP contribution < -0.4 is 10.6 Å². The first-order valence-electron chi connectivity index (χ1n) is 12.5. The highest BCUT2D eigenvalue weighted by Crippen LogP contribution is 2.54. The van der Waals surface area contributed by atoms with Crippen molar-refractivity contribution in [1.29, 1.82) is 0 Å². The van der Waals surface area contributed by atoms with Crippen LogP contribution >= 0.6 is 0 Å². The Morgan fingerprint density at radius 1 is 0.833 bits per heavy atom. The zero-order valence-electron chi connectivity index (χ0n) is 20.5. The molecule has 0 aromatic heterocycles. The van der Waals surface area contributed by atoms with E-state index in [4.69, 9.17) is 0 Å². The predicted molar refractivity (Wildman–Crippen MR) is 137 cm³/mol. The molecule has 2 fully saturated rings. The van der Waals surface area contributed by atoms with E-state index in [1.807, 2.05) is 86.6 Å². The number of nitrogens with zero attached hydrogens (tertiary/aromatic N) is 1. The number of amides is 3. The lowest BCUT2D eigenvalue weighted by Gasteiger charge is -2.29. The zero-order valence-corrected chi connectivity index (χ0v) is 20.5. The molecule has 3 aliphatic heterocycles. The molecule has 0 aliphatic carbocycles. The van der Waals surface area contributed by atoms with E-state index >= 15 is 0 Å². The normalized spacial score (nSPS) is 26.4. The van der Waals surface area contributed by atoms with Gasteiger partial charge in [0.05, 0.1) is 11.8 Å². The first kappa shape index (κ1) is 22.7. The number of nitrogens with one attached hydrogen (secondary N) is 2. The molecule has 0 radical (unpaired) electrons. The molecule has 2 saturated heterocycles. The number of benzene rings is 3. The number of imide groups is 1. The number of hydrogen-bond acceptors (Lipinski definition) is 4. The van der Waals surface area contributed by atoms with Gasteiger partial charge in [0.2, 0.25) is 17.7 Å². The van der Waals surface area contributed by atoms with Crippen molar-refractivity contribution >= 4 is 23.4 Å². The van der Waals surface area contributed by atoms with E-state index in [0.717, 1.165) is 33.5 Å². The monoisotopic (exact) mass is 479 g/mol. The maximum Gasteiger partial charge on any atom is 0.250 e. The molecule has 1 spiro atoms. The minimum atomic E-state index is -1.26. The summed E-state index contributed by atoms with van der Waals surface area (Å²) in [5.74, 6) is -2.08. The van der Waals surface area contributed by atoms with Gasteiger partial charge in [-0.2, -0.15) is 0 Å². The summed E-state index contributed by atoms with van der Waals surface area (Å²) in [5, 5.41) is 6.61. The molecule has 6 nitrogen and oxygen atoms in total. The van der Waals surface area contributed by atoms with Gasteiger partial charge in [-0.1, -0.05) is 72.8 Å². The Morgan fingerprint density at radius 3 is 2.19 bits per heavy atom. The van der Waals surface area contributed by atoms with Crippen LogP contribution in [0.3, 0.4) is 0 Å². The Kier molecular flexibility index (Phi) is 5.30. The summed E-state index contributed by atoms with van der Waals surface area (Å²) in [7, 11) is 0. The van der Waals surface area contributed by atoms with Crippen LogP contribution in [0.4, 0.5) is 5.69 Å². The van der Waals surface area contributed by atoms with Crippen molar-refractivity contribution < 1.29 is 14.4 Å². The summed E-state index contributed by atoms with van der Waals surface area (Å²) in [5.41, 5.74) is 4.46. The molecule has 6 heteroatoms. The molecule has 36 heavy (non-hydrogen) atoms. The number of carbonyl (C=O) groups is 3. The third-order valence-electron chi connectivity index (χ3n) is 8.28. The Hall–Kier alpha value is -3.77. The van der Waals surface area contributed by atoms with Crippen LogP contribution in [0.15, 0.2) is 72.8 Å². The molecule has 0 unspecified atom stereocenters. The van der Waals surface area contributed by atoms with Gasteiger partial charge in [0.15, 0.2) is 0 Å². The van der Waals surface area contributed by atoms with Crippen molar-refractivity contribution in [3.05, 3.63) is 101 Å². The van der Waals surface area contributed by atoms with E-state index in [-0.39, 0.29) is 23.8 Å². The Balaban J connectivity index is 1.42. The fourth-order valence-corrected chi connectivity index (χ4v) is 6.33. The highest BCUT2D eigenvalue weighted by Gasteiger charge is 2.70. The standard InChI is InChI=1S/C30H29N3O3/c1-18-13-14-22-26(19(18)2)31-29(36)30(22)25-24(23(32-30)17-21-11-7-4-8-12-21)27(34)33(28(25)35)16-15-20-9-5-3-6-10-20/h3-14,23-25,32H,15-17H2,1-2H3,(H,31,36)/t23-,24-,25+,30-/m1/s1. The van der Waals surface area contributed by atoms with E-state index in [1.54, 1.807) is 0 Å². The number of rotatable bonds is 5. The largest absolute Gasteiger partial charge is 0.324 e. The molecular formula is C30H29N3O3. The van der Waals surface area contributed by atoms with Gasteiger partial charge in [-0.25, -0.2) is 0 Å². The SMILES string of the molecule is Cc1ccc2c(c1C)NC(=O)[C@@]21N[C@H](Cc2ccccc2)[C@H]2C(=O)N(CCc3ccccc3)C(=O)[C@H]21. The lowest BCUT2D eigenvalue weighted by atomic mass is 9.75. The van der Waals surface area contributed by atoms with Crippen LogP contribution in [0.5, 0.6) is 0 Å². The van der Waals surface area contributed by atoms with Crippen molar-refractivity contribution in [2.45, 2.75) is 38.3 Å². The third kappa shape index (κ3) is 3.24. The van der Waals surface area contributed by atoms with Crippen LogP contribution in [0.1, 0.15) is 27.8 Å². The van der Waals surface area contributed by atoms with Crippen LogP contribution in [0.2, 0.25) is 0 Å². The number of hydrogen-bond donors (Lipinski definition) is 2. The second-order valence-electron chi connectivity index (χ2n) is 10.2. The summed E-state index contributed by atoms with van der Waals surface area (Å²) >= 11 is 0. The van der Waals surface area contributed by atoms with Gasteiger partial charge in [-0.15, -0.1) is 0 Å².